The molecule has 0 bridgehead atoms. The molecular weight excluding hydrogens is 487 g/mol. The summed E-state index contributed by atoms with van der Waals surface area (Å²) in [7, 11) is 0. The number of carbonyl (C=O) groups is 2. The Kier molecular flexibility index (Phi) is 6.75. The van der Waals surface area contributed by atoms with Gasteiger partial charge in [0.1, 0.15) is 12.1 Å². The predicted molar refractivity (Wildman–Crippen MR) is 138 cm³/mol. The molecular formula is C27H29FN8O2. The first-order valence-corrected chi connectivity index (χ1v) is 12.5. The van der Waals surface area contributed by atoms with E-state index in [-0.39, 0.29) is 11.7 Å². The molecule has 5 rings (SSSR count). The molecule has 0 radical (unpaired) electrons. The van der Waals surface area contributed by atoms with E-state index in [1.807, 2.05) is 13.0 Å². The van der Waals surface area contributed by atoms with Gasteiger partial charge in [0.25, 0.3) is 5.91 Å². The van der Waals surface area contributed by atoms with E-state index in [0.717, 1.165) is 34.8 Å². The summed E-state index contributed by atoms with van der Waals surface area (Å²) in [5, 5.41) is 9.42. The number of hydrogen-bond donors (Lipinski definition) is 2. The molecule has 0 aliphatic heterocycles. The Morgan fingerprint density at radius 2 is 1.79 bits per heavy atom. The fraction of sp³-hybridized carbons (Fsp3) is 0.333. The first kappa shape index (κ1) is 25.2. The molecule has 2 N–H and O–H groups in total. The van der Waals surface area contributed by atoms with E-state index in [2.05, 4.69) is 30.6 Å². The lowest BCUT2D eigenvalue weighted by atomic mass is 10.0. The Labute approximate surface area is 219 Å². The third-order valence-corrected chi connectivity index (χ3v) is 6.71. The summed E-state index contributed by atoms with van der Waals surface area (Å²) >= 11 is 0. The molecule has 1 aliphatic rings. The zero-order valence-corrected chi connectivity index (χ0v) is 21.7. The number of hydrogen-bond acceptors (Lipinski definition) is 6. The van der Waals surface area contributed by atoms with Gasteiger partial charge in [-0.3, -0.25) is 25.1 Å². The van der Waals surface area contributed by atoms with Gasteiger partial charge in [-0.1, -0.05) is 0 Å². The van der Waals surface area contributed by atoms with Gasteiger partial charge in [0.15, 0.2) is 5.82 Å². The third kappa shape index (κ3) is 5.17. The summed E-state index contributed by atoms with van der Waals surface area (Å²) in [6.07, 6.45) is 4.39. The molecule has 1 fully saturated rings. The molecule has 4 aromatic rings. The molecule has 0 saturated heterocycles. The Morgan fingerprint density at radius 1 is 1.05 bits per heavy atom. The number of nitrogens with zero attached hydrogens (tertiary/aromatic N) is 6. The van der Waals surface area contributed by atoms with E-state index in [4.69, 9.17) is 5.10 Å². The van der Waals surface area contributed by atoms with Crippen LogP contribution in [0.3, 0.4) is 0 Å². The van der Waals surface area contributed by atoms with Crippen LogP contribution in [0, 0.1) is 32.5 Å². The van der Waals surface area contributed by atoms with Crippen molar-refractivity contribution in [1.82, 2.24) is 40.4 Å². The van der Waals surface area contributed by atoms with Gasteiger partial charge in [0, 0.05) is 37.2 Å². The van der Waals surface area contributed by atoms with Crippen LogP contribution in [0.25, 0.3) is 17.1 Å². The van der Waals surface area contributed by atoms with Gasteiger partial charge in [-0.2, -0.15) is 10.2 Å². The van der Waals surface area contributed by atoms with Crippen LogP contribution in [-0.4, -0.2) is 41.3 Å². The monoisotopic (exact) mass is 516 g/mol. The Balaban J connectivity index is 1.46. The number of nitrogens with one attached hydrogen (secondary N) is 2. The van der Waals surface area contributed by atoms with Gasteiger partial charge < -0.3 is 0 Å². The summed E-state index contributed by atoms with van der Waals surface area (Å²) in [4.78, 5) is 32.7. The Hall–Kier alpha value is -4.41. The van der Waals surface area contributed by atoms with Crippen LogP contribution in [0.2, 0.25) is 0 Å². The van der Waals surface area contributed by atoms with Crippen LogP contribution >= 0.6 is 0 Å². The highest BCUT2D eigenvalue weighted by molar-refractivity contribution is 5.97. The van der Waals surface area contributed by atoms with Gasteiger partial charge in [-0.05, 0) is 69.4 Å². The van der Waals surface area contributed by atoms with Crippen molar-refractivity contribution in [1.29, 1.82) is 0 Å². The van der Waals surface area contributed by atoms with Crippen LogP contribution < -0.4 is 10.9 Å². The molecule has 3 aromatic heterocycles. The minimum absolute atomic E-state index is 0.280. The number of carbonyl (C=O) groups excluding carboxylic acids is 2. The number of aryl methyl sites for hydroxylation is 1. The zero-order valence-electron chi connectivity index (χ0n) is 21.7. The first-order valence-electron chi connectivity index (χ1n) is 12.5. The third-order valence-electron chi connectivity index (χ3n) is 6.71. The molecule has 2 amide bonds. The van der Waals surface area contributed by atoms with Gasteiger partial charge >= 0.3 is 0 Å². The van der Waals surface area contributed by atoms with Crippen molar-refractivity contribution in [3.63, 3.8) is 0 Å². The lowest BCUT2D eigenvalue weighted by Gasteiger charge is -2.09. The summed E-state index contributed by atoms with van der Waals surface area (Å²) in [5.41, 5.74) is 10.7. The molecule has 11 heteroatoms. The van der Waals surface area contributed by atoms with E-state index in [1.54, 1.807) is 30.7 Å². The number of hydrazine groups is 1. The van der Waals surface area contributed by atoms with Crippen LogP contribution in [0.4, 0.5) is 4.39 Å². The second kappa shape index (κ2) is 10.2. The lowest BCUT2D eigenvalue weighted by molar-refractivity contribution is -0.119. The van der Waals surface area contributed by atoms with Gasteiger partial charge in [0.05, 0.1) is 28.3 Å². The molecule has 0 spiro atoms. The second-order valence-electron chi connectivity index (χ2n) is 9.69. The average Bonchev–Trinajstić information content (AvgIpc) is 3.59. The highest BCUT2D eigenvalue weighted by atomic mass is 19.1. The quantitative estimate of drug-likeness (QED) is 0.364. The predicted octanol–water partition coefficient (Wildman–Crippen LogP) is 3.37. The standard InChI is InChI=1S/C27H29FN8O2/c1-15-23(35(13-19-5-6-19)34-26(15)20-7-9-21(28)10-8-20)11-22-12-24(30-14-29-22)36-17(3)25(16(2)33-36)27(38)32-31-18(4)37/h7-10,12,14,19H,5-6,11,13H2,1-4H3,(H,31,37)(H,32,38). The molecule has 0 unspecified atom stereocenters. The van der Waals surface area contributed by atoms with Gasteiger partial charge in [-0.25, -0.2) is 19.0 Å². The number of halogens is 1. The molecule has 196 valence electrons. The Morgan fingerprint density at radius 3 is 2.47 bits per heavy atom. The second-order valence-corrected chi connectivity index (χ2v) is 9.69. The highest BCUT2D eigenvalue weighted by Crippen LogP contribution is 2.33. The lowest BCUT2D eigenvalue weighted by Crippen LogP contribution is -2.40. The largest absolute Gasteiger partial charge is 0.274 e. The van der Waals surface area contributed by atoms with E-state index in [1.165, 1.54) is 38.2 Å². The molecule has 1 aliphatic carbocycles. The van der Waals surface area contributed by atoms with E-state index < -0.39 is 5.91 Å². The van der Waals surface area contributed by atoms with Crippen LogP contribution in [0.1, 0.15) is 58.5 Å². The minimum Gasteiger partial charge on any atom is -0.274 e. The van der Waals surface area contributed by atoms with E-state index in [9.17, 15) is 14.0 Å². The van der Waals surface area contributed by atoms with Crippen LogP contribution in [0.5, 0.6) is 0 Å². The average molecular weight is 517 g/mol. The molecule has 0 atom stereocenters. The zero-order chi connectivity index (χ0) is 27.0. The SMILES string of the molecule is CC(=O)NNC(=O)c1c(C)nn(-c2cc(Cc3c(C)c(-c4ccc(F)cc4)nn3CC3CC3)ncn2)c1C. The topological polar surface area (TPSA) is 120 Å². The van der Waals surface area contributed by atoms with Crippen molar-refractivity contribution in [2.75, 3.05) is 0 Å². The van der Waals surface area contributed by atoms with Crippen molar-refractivity contribution < 1.29 is 14.0 Å². The maximum Gasteiger partial charge on any atom is 0.273 e. The minimum atomic E-state index is -0.455. The van der Waals surface area contributed by atoms with E-state index >= 15 is 0 Å². The van der Waals surface area contributed by atoms with Gasteiger partial charge in [-0.15, -0.1) is 0 Å². The summed E-state index contributed by atoms with van der Waals surface area (Å²) < 4.78 is 17.2. The summed E-state index contributed by atoms with van der Waals surface area (Å²) in [5.74, 6) is 0.0343. The molecule has 1 aromatic carbocycles. The molecule has 10 nitrogen and oxygen atoms in total. The summed E-state index contributed by atoms with van der Waals surface area (Å²) in [6, 6.07) is 8.25. The van der Waals surface area contributed by atoms with Crippen molar-refractivity contribution in [3.05, 3.63) is 76.4 Å². The van der Waals surface area contributed by atoms with Crippen LogP contribution in [0.15, 0.2) is 36.7 Å². The van der Waals surface area contributed by atoms with E-state index in [0.29, 0.717) is 35.1 Å². The van der Waals surface area contributed by atoms with Crippen molar-refractivity contribution in [3.8, 4) is 17.1 Å². The van der Waals surface area contributed by atoms with Crippen LogP contribution in [-0.2, 0) is 17.8 Å². The number of benzene rings is 1. The summed E-state index contributed by atoms with van der Waals surface area (Å²) in [6.45, 7) is 7.68. The molecule has 3 heterocycles. The number of rotatable bonds is 7. The maximum atomic E-state index is 13.5. The Bertz CT molecular complexity index is 1520. The van der Waals surface area contributed by atoms with Crippen molar-refractivity contribution in [2.45, 2.75) is 53.5 Å². The first-order chi connectivity index (χ1) is 18.2. The smallest absolute Gasteiger partial charge is 0.273 e. The molecule has 1 saturated carbocycles. The van der Waals surface area contributed by atoms with Crippen molar-refractivity contribution in [2.24, 2.45) is 5.92 Å². The molecule has 38 heavy (non-hydrogen) atoms. The van der Waals surface area contributed by atoms with Gasteiger partial charge in [0.2, 0.25) is 5.91 Å². The number of amides is 2. The number of aromatic nitrogens is 6. The fourth-order valence-corrected chi connectivity index (χ4v) is 4.56. The normalized spacial score (nSPS) is 13.0. The highest BCUT2D eigenvalue weighted by Gasteiger charge is 2.26. The van der Waals surface area contributed by atoms with Crippen molar-refractivity contribution >= 4 is 11.8 Å². The maximum absolute atomic E-state index is 13.5. The fourth-order valence-electron chi connectivity index (χ4n) is 4.56.